The third-order valence-electron chi connectivity index (χ3n) is 5.42. The van der Waals surface area contributed by atoms with E-state index in [4.69, 9.17) is 0 Å². The Labute approximate surface area is 164 Å². The Balaban J connectivity index is 1.81. The maximum atomic E-state index is 12.9. The number of benzene rings is 1. The Bertz CT molecular complexity index is 848. The Morgan fingerprint density at radius 3 is 2.39 bits per heavy atom. The van der Waals surface area contributed by atoms with E-state index in [0.717, 1.165) is 22.5 Å². The average Bonchev–Trinajstić information content (AvgIpc) is 2.63. The molecule has 28 heavy (non-hydrogen) atoms. The van der Waals surface area contributed by atoms with Gasteiger partial charge in [0.25, 0.3) is 0 Å². The predicted octanol–water partition coefficient (Wildman–Crippen LogP) is 2.15. The Kier molecular flexibility index (Phi) is 5.79. The fourth-order valence-corrected chi connectivity index (χ4v) is 4.02. The molecule has 2 heterocycles. The van der Waals surface area contributed by atoms with Gasteiger partial charge in [-0.2, -0.15) is 0 Å². The molecule has 1 amide bonds. The molecule has 0 saturated carbocycles. The van der Waals surface area contributed by atoms with Gasteiger partial charge >= 0.3 is 5.97 Å². The minimum atomic E-state index is -1.40. The molecule has 1 fully saturated rings. The Morgan fingerprint density at radius 1 is 1.14 bits per heavy atom. The van der Waals surface area contributed by atoms with Crippen molar-refractivity contribution in [2.75, 3.05) is 13.1 Å². The van der Waals surface area contributed by atoms with Crippen molar-refractivity contribution in [3.05, 3.63) is 65.0 Å². The predicted molar refractivity (Wildman–Crippen MR) is 105 cm³/mol. The number of nitrogens with zero attached hydrogens (tertiary/aromatic N) is 2. The van der Waals surface area contributed by atoms with E-state index in [1.54, 1.807) is 4.90 Å². The van der Waals surface area contributed by atoms with Gasteiger partial charge in [0.15, 0.2) is 0 Å². The van der Waals surface area contributed by atoms with Crippen LogP contribution in [0.5, 0.6) is 0 Å². The summed E-state index contributed by atoms with van der Waals surface area (Å²) in [4.78, 5) is 31.0. The highest BCUT2D eigenvalue weighted by atomic mass is 16.4. The molecule has 2 atom stereocenters. The molecule has 6 heteroatoms. The van der Waals surface area contributed by atoms with E-state index in [1.165, 1.54) is 0 Å². The fourth-order valence-electron chi connectivity index (χ4n) is 4.02. The van der Waals surface area contributed by atoms with E-state index in [1.807, 2.05) is 56.3 Å². The van der Waals surface area contributed by atoms with Gasteiger partial charge < -0.3 is 15.1 Å². The molecule has 2 aromatic rings. The van der Waals surface area contributed by atoms with Crippen molar-refractivity contribution in [1.29, 1.82) is 0 Å². The molecule has 6 nitrogen and oxygen atoms in total. The summed E-state index contributed by atoms with van der Waals surface area (Å²) in [5, 5.41) is 20.6. The second kappa shape index (κ2) is 8.10. The molecular weight excluding hydrogens is 356 g/mol. The molecule has 0 bridgehead atoms. The maximum Gasteiger partial charge on any atom is 0.314 e. The number of aliphatic hydroxyl groups excluding tert-OH is 1. The standard InChI is InChI=1S/C22H26N2O4/c1-15-10-18(11-16(2)23-15)12-20(26)24-9-8-19(25)22(14-24,21(27)28)13-17-6-4-3-5-7-17/h3-7,10-11,19,25H,8-9,12-14H2,1-2H3,(H,27,28)/t19-,22+/m0/s1. The monoisotopic (exact) mass is 382 g/mol. The highest BCUT2D eigenvalue weighted by molar-refractivity contribution is 5.82. The van der Waals surface area contributed by atoms with Crippen LogP contribution in [0.15, 0.2) is 42.5 Å². The zero-order valence-electron chi connectivity index (χ0n) is 16.3. The molecule has 0 unspecified atom stereocenters. The summed E-state index contributed by atoms with van der Waals surface area (Å²) in [7, 11) is 0. The van der Waals surface area contributed by atoms with Crippen LogP contribution in [0.4, 0.5) is 0 Å². The molecule has 0 aliphatic carbocycles. The van der Waals surface area contributed by atoms with Crippen LogP contribution < -0.4 is 0 Å². The Hall–Kier alpha value is -2.73. The van der Waals surface area contributed by atoms with E-state index >= 15 is 0 Å². The van der Waals surface area contributed by atoms with E-state index < -0.39 is 17.5 Å². The van der Waals surface area contributed by atoms with Crippen LogP contribution in [0.25, 0.3) is 0 Å². The number of piperidine rings is 1. The summed E-state index contributed by atoms with van der Waals surface area (Å²) in [5.41, 5.74) is 1.99. The topological polar surface area (TPSA) is 90.7 Å². The van der Waals surface area contributed by atoms with E-state index in [2.05, 4.69) is 4.98 Å². The number of rotatable bonds is 5. The number of hydrogen-bond donors (Lipinski definition) is 2. The number of likely N-dealkylation sites (tertiary alicyclic amines) is 1. The minimum Gasteiger partial charge on any atom is -0.481 e. The number of carbonyl (C=O) groups excluding carboxylic acids is 1. The quantitative estimate of drug-likeness (QED) is 0.827. The summed E-state index contributed by atoms with van der Waals surface area (Å²) >= 11 is 0. The van der Waals surface area contributed by atoms with Crippen molar-refractivity contribution in [3.8, 4) is 0 Å². The molecule has 148 valence electrons. The summed E-state index contributed by atoms with van der Waals surface area (Å²) in [6.07, 6.45) is -0.373. The number of aliphatic carboxylic acids is 1. The maximum absolute atomic E-state index is 12.9. The van der Waals surface area contributed by atoms with Crippen molar-refractivity contribution in [3.63, 3.8) is 0 Å². The first-order chi connectivity index (χ1) is 13.3. The molecular formula is C22H26N2O4. The first-order valence-electron chi connectivity index (χ1n) is 9.47. The van der Waals surface area contributed by atoms with Crippen LogP contribution in [-0.2, 0) is 22.4 Å². The number of aromatic nitrogens is 1. The molecule has 0 spiro atoms. The SMILES string of the molecule is Cc1cc(CC(=O)N2CC[C@H](O)[C@](Cc3ccccc3)(C(=O)O)C2)cc(C)n1. The van der Waals surface area contributed by atoms with Crippen molar-refractivity contribution < 1.29 is 19.8 Å². The number of carbonyl (C=O) groups is 2. The zero-order chi connectivity index (χ0) is 20.3. The van der Waals surface area contributed by atoms with Crippen molar-refractivity contribution >= 4 is 11.9 Å². The molecule has 2 N–H and O–H groups in total. The van der Waals surface area contributed by atoms with Crippen LogP contribution in [0, 0.1) is 19.3 Å². The van der Waals surface area contributed by atoms with Gasteiger partial charge in [-0.05, 0) is 49.9 Å². The lowest BCUT2D eigenvalue weighted by Gasteiger charge is -2.43. The van der Waals surface area contributed by atoms with Crippen molar-refractivity contribution in [1.82, 2.24) is 9.88 Å². The first-order valence-corrected chi connectivity index (χ1v) is 9.47. The third kappa shape index (κ3) is 4.22. The van der Waals surface area contributed by atoms with Crippen molar-refractivity contribution in [2.45, 2.75) is 39.2 Å². The van der Waals surface area contributed by atoms with Gasteiger partial charge in [-0.15, -0.1) is 0 Å². The smallest absolute Gasteiger partial charge is 0.314 e. The number of aryl methyl sites for hydroxylation is 2. The van der Waals surface area contributed by atoms with Gasteiger partial charge in [0, 0.05) is 24.5 Å². The molecule has 1 aromatic heterocycles. The molecule has 0 radical (unpaired) electrons. The highest BCUT2D eigenvalue weighted by Crippen LogP contribution is 2.35. The summed E-state index contributed by atoms with van der Waals surface area (Å²) in [6.45, 7) is 4.12. The van der Waals surface area contributed by atoms with Crippen LogP contribution >= 0.6 is 0 Å². The van der Waals surface area contributed by atoms with E-state index in [0.29, 0.717) is 6.54 Å². The molecule has 1 aromatic carbocycles. The van der Waals surface area contributed by atoms with Gasteiger partial charge in [-0.25, -0.2) is 0 Å². The first kappa shape index (κ1) is 20.0. The second-order valence-electron chi connectivity index (χ2n) is 7.68. The van der Waals surface area contributed by atoms with Crippen LogP contribution in [-0.4, -0.2) is 51.2 Å². The molecule has 1 aliphatic heterocycles. The lowest BCUT2D eigenvalue weighted by Crippen LogP contribution is -2.58. The third-order valence-corrected chi connectivity index (χ3v) is 5.42. The fraction of sp³-hybridized carbons (Fsp3) is 0.409. The lowest BCUT2D eigenvalue weighted by atomic mass is 9.72. The average molecular weight is 382 g/mol. The summed E-state index contributed by atoms with van der Waals surface area (Å²) in [6, 6.07) is 13.0. The molecule has 1 aliphatic rings. The number of amides is 1. The van der Waals surface area contributed by atoms with Crippen molar-refractivity contribution in [2.24, 2.45) is 5.41 Å². The van der Waals surface area contributed by atoms with Gasteiger partial charge in [0.05, 0.1) is 12.5 Å². The largest absolute Gasteiger partial charge is 0.481 e. The zero-order valence-corrected chi connectivity index (χ0v) is 16.3. The van der Waals surface area contributed by atoms with E-state index in [9.17, 15) is 19.8 Å². The lowest BCUT2D eigenvalue weighted by molar-refractivity contribution is -0.165. The number of pyridine rings is 1. The normalized spacial score (nSPS) is 22.1. The Morgan fingerprint density at radius 2 is 1.79 bits per heavy atom. The van der Waals surface area contributed by atoms with Gasteiger partial charge in [0.1, 0.15) is 5.41 Å². The molecule has 3 rings (SSSR count). The van der Waals surface area contributed by atoms with Gasteiger partial charge in [-0.1, -0.05) is 30.3 Å². The highest BCUT2D eigenvalue weighted by Gasteiger charge is 2.50. The summed E-state index contributed by atoms with van der Waals surface area (Å²) in [5.74, 6) is -1.20. The number of aliphatic hydroxyl groups is 1. The minimum absolute atomic E-state index is 0.000273. The summed E-state index contributed by atoms with van der Waals surface area (Å²) < 4.78 is 0. The number of carboxylic acid groups (broad SMARTS) is 1. The van der Waals surface area contributed by atoms with Gasteiger partial charge in [0.2, 0.25) is 5.91 Å². The number of carboxylic acids is 1. The second-order valence-corrected chi connectivity index (χ2v) is 7.68. The van der Waals surface area contributed by atoms with Crippen LogP contribution in [0.3, 0.4) is 0 Å². The van der Waals surface area contributed by atoms with Crippen LogP contribution in [0.2, 0.25) is 0 Å². The van der Waals surface area contributed by atoms with Gasteiger partial charge in [-0.3, -0.25) is 14.6 Å². The van der Waals surface area contributed by atoms with Crippen LogP contribution in [0.1, 0.15) is 28.9 Å². The number of hydrogen-bond acceptors (Lipinski definition) is 4. The molecule has 1 saturated heterocycles. The van der Waals surface area contributed by atoms with E-state index in [-0.39, 0.29) is 31.7 Å².